The number of ether oxygens (including phenoxy) is 2. The van der Waals surface area contributed by atoms with Crippen LogP contribution in [0.5, 0.6) is 11.5 Å². The van der Waals surface area contributed by atoms with E-state index in [1.807, 2.05) is 0 Å². The van der Waals surface area contributed by atoms with Crippen LogP contribution in [0.15, 0.2) is 18.2 Å². The number of benzene rings is 1. The van der Waals surface area contributed by atoms with Gasteiger partial charge in [0.2, 0.25) is 0 Å². The average molecular weight is 264 g/mol. The molecular formula is C11H11F3O4. The van der Waals surface area contributed by atoms with Crippen molar-refractivity contribution in [2.45, 2.75) is 12.3 Å². The second kappa shape index (κ2) is 5.72. The van der Waals surface area contributed by atoms with E-state index in [0.29, 0.717) is 6.29 Å². The number of alkyl halides is 3. The van der Waals surface area contributed by atoms with Gasteiger partial charge in [-0.3, -0.25) is 4.79 Å². The van der Waals surface area contributed by atoms with Gasteiger partial charge in [0.15, 0.2) is 23.9 Å². The van der Waals surface area contributed by atoms with Gasteiger partial charge in [-0.15, -0.1) is 0 Å². The predicted molar refractivity (Wildman–Crippen MR) is 55.9 cm³/mol. The second-order valence-corrected chi connectivity index (χ2v) is 3.36. The topological polar surface area (TPSA) is 55.8 Å². The van der Waals surface area contributed by atoms with E-state index in [9.17, 15) is 18.0 Å². The molecule has 0 aliphatic rings. The number of methoxy groups -OCH3 is 1. The van der Waals surface area contributed by atoms with Gasteiger partial charge in [0.1, 0.15) is 6.61 Å². The van der Waals surface area contributed by atoms with E-state index >= 15 is 0 Å². The van der Waals surface area contributed by atoms with E-state index in [-0.39, 0.29) is 17.1 Å². The monoisotopic (exact) mass is 264 g/mol. The molecule has 0 heterocycles. The molecular weight excluding hydrogens is 253 g/mol. The normalized spacial score (nSPS) is 12.9. The minimum atomic E-state index is -4.77. The fourth-order valence-corrected chi connectivity index (χ4v) is 1.20. The zero-order chi connectivity index (χ0) is 13.8. The zero-order valence-corrected chi connectivity index (χ0v) is 9.40. The van der Waals surface area contributed by atoms with E-state index in [1.165, 1.54) is 25.3 Å². The molecule has 0 aromatic heterocycles. The standard InChI is InChI=1S/C11H11F3O4/c1-17-8-4-2-3-7(5-15)10(8)18-6-9(16)11(12,13)14/h2-5,9,16H,6H2,1H3. The molecule has 1 aromatic rings. The number of aliphatic hydroxyl groups is 1. The van der Waals surface area contributed by atoms with E-state index in [1.54, 1.807) is 0 Å². The largest absolute Gasteiger partial charge is 0.493 e. The lowest BCUT2D eigenvalue weighted by Crippen LogP contribution is -2.34. The highest BCUT2D eigenvalue weighted by Gasteiger charge is 2.39. The lowest BCUT2D eigenvalue weighted by atomic mass is 10.2. The molecule has 7 heteroatoms. The molecule has 0 aliphatic heterocycles. The minimum Gasteiger partial charge on any atom is -0.493 e. The molecule has 18 heavy (non-hydrogen) atoms. The summed E-state index contributed by atoms with van der Waals surface area (Å²) >= 11 is 0. The van der Waals surface area contributed by atoms with Gasteiger partial charge >= 0.3 is 6.18 Å². The summed E-state index contributed by atoms with van der Waals surface area (Å²) in [6.07, 6.45) is -6.97. The molecule has 4 nitrogen and oxygen atoms in total. The lowest BCUT2D eigenvalue weighted by molar-refractivity contribution is -0.210. The highest BCUT2D eigenvalue weighted by Crippen LogP contribution is 2.31. The minimum absolute atomic E-state index is 0.0451. The maximum Gasteiger partial charge on any atom is 0.417 e. The van der Waals surface area contributed by atoms with Crippen LogP contribution in [0, 0.1) is 0 Å². The first-order valence-electron chi connectivity index (χ1n) is 4.90. The van der Waals surface area contributed by atoms with Crippen molar-refractivity contribution < 1.29 is 32.5 Å². The van der Waals surface area contributed by atoms with Crippen LogP contribution < -0.4 is 9.47 Å². The van der Waals surface area contributed by atoms with Crippen LogP contribution in [-0.4, -0.2) is 37.4 Å². The summed E-state index contributed by atoms with van der Waals surface area (Å²) in [6.45, 7) is -1.01. The van der Waals surface area contributed by atoms with Crippen molar-refractivity contribution in [1.29, 1.82) is 0 Å². The van der Waals surface area contributed by atoms with Crippen LogP contribution in [0.2, 0.25) is 0 Å². The SMILES string of the molecule is COc1cccc(C=O)c1OCC(O)C(F)(F)F. The van der Waals surface area contributed by atoms with Gasteiger partial charge in [0.05, 0.1) is 12.7 Å². The molecule has 1 rings (SSSR count). The van der Waals surface area contributed by atoms with Crippen LogP contribution in [0.1, 0.15) is 10.4 Å². The van der Waals surface area contributed by atoms with Crippen molar-refractivity contribution in [3.05, 3.63) is 23.8 Å². The molecule has 0 fully saturated rings. The van der Waals surface area contributed by atoms with Crippen LogP contribution in [0.25, 0.3) is 0 Å². The van der Waals surface area contributed by atoms with Crippen molar-refractivity contribution in [1.82, 2.24) is 0 Å². The average Bonchev–Trinajstić information content (AvgIpc) is 2.34. The summed E-state index contributed by atoms with van der Waals surface area (Å²) < 4.78 is 45.9. The number of aldehydes is 1. The molecule has 1 aromatic carbocycles. The van der Waals surface area contributed by atoms with E-state index < -0.39 is 18.9 Å². The third-order valence-electron chi connectivity index (χ3n) is 2.12. The molecule has 1 N–H and O–H groups in total. The number of halogens is 3. The zero-order valence-electron chi connectivity index (χ0n) is 9.40. The van der Waals surface area contributed by atoms with Crippen LogP contribution in [-0.2, 0) is 0 Å². The van der Waals surface area contributed by atoms with Crippen molar-refractivity contribution in [2.75, 3.05) is 13.7 Å². The Morgan fingerprint density at radius 1 is 1.44 bits per heavy atom. The summed E-state index contributed by atoms with van der Waals surface area (Å²) in [7, 11) is 1.29. The summed E-state index contributed by atoms with van der Waals surface area (Å²) in [4.78, 5) is 10.7. The Morgan fingerprint density at radius 2 is 2.11 bits per heavy atom. The van der Waals surface area contributed by atoms with Gasteiger partial charge in [0, 0.05) is 0 Å². The Hall–Kier alpha value is -1.76. The molecule has 0 radical (unpaired) electrons. The van der Waals surface area contributed by atoms with Crippen LogP contribution >= 0.6 is 0 Å². The maximum atomic E-state index is 12.1. The maximum absolute atomic E-state index is 12.1. The first kappa shape index (κ1) is 14.3. The molecule has 0 spiro atoms. The number of aliphatic hydroxyl groups excluding tert-OH is 1. The number of hydrogen-bond acceptors (Lipinski definition) is 4. The summed E-state index contributed by atoms with van der Waals surface area (Å²) in [5.74, 6) is -0.00715. The van der Waals surface area contributed by atoms with Crippen molar-refractivity contribution >= 4 is 6.29 Å². The quantitative estimate of drug-likeness (QED) is 0.824. The predicted octanol–water partition coefficient (Wildman–Crippen LogP) is 1.81. The van der Waals surface area contributed by atoms with Crippen LogP contribution in [0.4, 0.5) is 13.2 Å². The third kappa shape index (κ3) is 3.36. The molecule has 1 unspecified atom stereocenters. The lowest BCUT2D eigenvalue weighted by Gasteiger charge is -2.17. The van der Waals surface area contributed by atoms with E-state index in [0.717, 1.165) is 0 Å². The van der Waals surface area contributed by atoms with Gasteiger partial charge in [-0.05, 0) is 12.1 Å². The Bertz CT molecular complexity index is 417. The van der Waals surface area contributed by atoms with Gasteiger partial charge < -0.3 is 14.6 Å². The molecule has 0 aliphatic carbocycles. The first-order valence-corrected chi connectivity index (χ1v) is 4.90. The van der Waals surface area contributed by atoms with Gasteiger partial charge in [0.25, 0.3) is 0 Å². The smallest absolute Gasteiger partial charge is 0.417 e. The summed E-state index contributed by atoms with van der Waals surface area (Å²) in [6, 6.07) is 4.29. The Labute approximate surface area is 101 Å². The van der Waals surface area contributed by atoms with E-state index in [4.69, 9.17) is 14.6 Å². The highest BCUT2D eigenvalue weighted by atomic mass is 19.4. The summed E-state index contributed by atoms with van der Waals surface area (Å²) in [5.41, 5.74) is 0.0451. The van der Waals surface area contributed by atoms with E-state index in [2.05, 4.69) is 0 Å². The molecule has 0 bridgehead atoms. The van der Waals surface area contributed by atoms with Gasteiger partial charge in [-0.1, -0.05) is 6.07 Å². The number of para-hydroxylation sites is 1. The summed E-state index contributed by atoms with van der Waals surface area (Å²) in [5, 5.41) is 8.80. The van der Waals surface area contributed by atoms with Gasteiger partial charge in [-0.2, -0.15) is 13.2 Å². The molecule has 0 amide bonds. The number of carbonyl (C=O) groups is 1. The fourth-order valence-electron chi connectivity index (χ4n) is 1.20. The van der Waals surface area contributed by atoms with Crippen molar-refractivity contribution in [2.24, 2.45) is 0 Å². The highest BCUT2D eigenvalue weighted by molar-refractivity contribution is 5.81. The number of rotatable bonds is 5. The van der Waals surface area contributed by atoms with Crippen molar-refractivity contribution in [3.8, 4) is 11.5 Å². The molecule has 0 saturated carbocycles. The molecule has 100 valence electrons. The fraction of sp³-hybridized carbons (Fsp3) is 0.364. The van der Waals surface area contributed by atoms with Crippen LogP contribution in [0.3, 0.4) is 0 Å². The third-order valence-corrected chi connectivity index (χ3v) is 2.12. The molecule has 0 saturated heterocycles. The van der Waals surface area contributed by atoms with Crippen molar-refractivity contribution in [3.63, 3.8) is 0 Å². The number of hydrogen-bond donors (Lipinski definition) is 1. The van der Waals surface area contributed by atoms with Gasteiger partial charge in [-0.25, -0.2) is 0 Å². The Balaban J connectivity index is 2.87. The Morgan fingerprint density at radius 3 is 2.61 bits per heavy atom. The number of carbonyl (C=O) groups excluding carboxylic acids is 1. The Kier molecular flexibility index (Phi) is 4.55. The molecule has 1 atom stereocenters. The first-order chi connectivity index (χ1) is 8.40. The second-order valence-electron chi connectivity index (χ2n) is 3.36.